The van der Waals surface area contributed by atoms with Gasteiger partial charge in [0.2, 0.25) is 0 Å². The number of alkyl halides is 1. The first-order chi connectivity index (χ1) is 8.06. The molecule has 2 nitrogen and oxygen atoms in total. The van der Waals surface area contributed by atoms with E-state index in [2.05, 4.69) is 27.6 Å². The highest BCUT2D eigenvalue weighted by Gasteiger charge is 2.10. The maximum Gasteiger partial charge on any atom is 0.312 e. The van der Waals surface area contributed by atoms with Crippen molar-refractivity contribution >= 4 is 21.9 Å². The van der Waals surface area contributed by atoms with E-state index < -0.39 is 0 Å². The molecule has 17 heavy (non-hydrogen) atoms. The standard InChI is InChI=1S/C12H19BrO2.C2H6/c1-5-10(11(13)6-2)8-7-9(3)12(14)15-4;1-2/h5,7-9,11H,6H2,1-4H3;1-2H3/b8-7-,10-5+;. The van der Waals surface area contributed by atoms with Gasteiger partial charge in [0.15, 0.2) is 0 Å². The second-order valence-electron chi connectivity index (χ2n) is 3.34. The smallest absolute Gasteiger partial charge is 0.312 e. The van der Waals surface area contributed by atoms with E-state index in [1.165, 1.54) is 12.7 Å². The Bertz CT molecular complexity index is 257. The molecule has 2 atom stereocenters. The molecular formula is C14H25BrO2. The topological polar surface area (TPSA) is 26.3 Å². The minimum absolute atomic E-state index is 0.193. The van der Waals surface area contributed by atoms with Crippen LogP contribution >= 0.6 is 15.9 Å². The molecule has 0 saturated heterocycles. The summed E-state index contributed by atoms with van der Waals surface area (Å²) >= 11 is 3.57. The normalized spacial score (nSPS) is 14.9. The molecule has 0 aliphatic rings. The summed E-state index contributed by atoms with van der Waals surface area (Å²) in [7, 11) is 1.41. The number of ether oxygens (including phenoxy) is 1. The lowest BCUT2D eigenvalue weighted by Gasteiger charge is -2.08. The van der Waals surface area contributed by atoms with E-state index in [0.29, 0.717) is 4.83 Å². The lowest BCUT2D eigenvalue weighted by molar-refractivity contribution is -0.143. The van der Waals surface area contributed by atoms with E-state index in [4.69, 9.17) is 0 Å². The molecule has 0 N–H and O–H groups in total. The maximum absolute atomic E-state index is 11.1. The minimum atomic E-state index is -0.204. The van der Waals surface area contributed by atoms with Crippen molar-refractivity contribution in [2.24, 2.45) is 5.92 Å². The Morgan fingerprint density at radius 3 is 2.29 bits per heavy atom. The van der Waals surface area contributed by atoms with Crippen LogP contribution < -0.4 is 0 Å². The van der Waals surface area contributed by atoms with Gasteiger partial charge in [-0.2, -0.15) is 0 Å². The van der Waals surface area contributed by atoms with Crippen LogP contribution in [0.15, 0.2) is 23.8 Å². The number of rotatable bonds is 5. The third kappa shape index (κ3) is 8.19. The summed E-state index contributed by atoms with van der Waals surface area (Å²) in [5, 5.41) is 0. The monoisotopic (exact) mass is 304 g/mol. The van der Waals surface area contributed by atoms with Crippen LogP contribution in [-0.2, 0) is 9.53 Å². The molecule has 0 bridgehead atoms. The third-order valence-electron chi connectivity index (χ3n) is 2.20. The highest BCUT2D eigenvalue weighted by atomic mass is 79.9. The lowest BCUT2D eigenvalue weighted by atomic mass is 10.1. The van der Waals surface area contributed by atoms with Crippen molar-refractivity contribution in [1.29, 1.82) is 0 Å². The molecule has 100 valence electrons. The van der Waals surface area contributed by atoms with Gasteiger partial charge in [0.1, 0.15) is 0 Å². The Hall–Kier alpha value is -0.570. The molecule has 0 aromatic heterocycles. The summed E-state index contributed by atoms with van der Waals surface area (Å²) in [6.07, 6.45) is 6.91. The van der Waals surface area contributed by atoms with Gasteiger partial charge in [-0.25, -0.2) is 0 Å². The molecule has 0 rings (SSSR count). The number of methoxy groups -OCH3 is 1. The SMILES string of the molecule is C/C=C(\C=C/C(C)C(=O)OC)C(Br)CC.CC. The van der Waals surface area contributed by atoms with Gasteiger partial charge in [0.25, 0.3) is 0 Å². The van der Waals surface area contributed by atoms with Crippen LogP contribution in [0.3, 0.4) is 0 Å². The average Bonchev–Trinajstić information content (AvgIpc) is 2.39. The second kappa shape index (κ2) is 11.9. The third-order valence-corrected chi connectivity index (χ3v) is 3.38. The highest BCUT2D eigenvalue weighted by Crippen LogP contribution is 2.17. The zero-order valence-corrected chi connectivity index (χ0v) is 13.4. The predicted octanol–water partition coefficient (Wildman–Crippen LogP) is 4.50. The van der Waals surface area contributed by atoms with E-state index in [-0.39, 0.29) is 11.9 Å². The Balaban J connectivity index is 0. The number of hydrogen-bond acceptors (Lipinski definition) is 2. The van der Waals surface area contributed by atoms with E-state index in [1.807, 2.05) is 45.9 Å². The summed E-state index contributed by atoms with van der Waals surface area (Å²) in [5.41, 5.74) is 1.19. The van der Waals surface area contributed by atoms with Gasteiger partial charge < -0.3 is 4.74 Å². The van der Waals surface area contributed by atoms with Gasteiger partial charge in [0.05, 0.1) is 13.0 Å². The molecule has 0 aliphatic carbocycles. The molecule has 0 aromatic carbocycles. The summed E-state index contributed by atoms with van der Waals surface area (Å²) in [6.45, 7) is 9.93. The highest BCUT2D eigenvalue weighted by molar-refractivity contribution is 9.09. The molecule has 0 saturated carbocycles. The first-order valence-electron chi connectivity index (χ1n) is 6.13. The maximum atomic E-state index is 11.1. The summed E-state index contributed by atoms with van der Waals surface area (Å²) in [4.78, 5) is 11.5. The number of allylic oxidation sites excluding steroid dienone is 3. The lowest BCUT2D eigenvalue weighted by Crippen LogP contribution is -2.10. The zero-order chi connectivity index (χ0) is 13.8. The fourth-order valence-corrected chi connectivity index (χ4v) is 1.55. The van der Waals surface area contributed by atoms with Crippen molar-refractivity contribution < 1.29 is 9.53 Å². The van der Waals surface area contributed by atoms with Gasteiger partial charge in [-0.05, 0) is 25.8 Å². The number of esters is 1. The Morgan fingerprint density at radius 1 is 1.41 bits per heavy atom. The molecule has 0 aromatic rings. The fraction of sp³-hybridized carbons (Fsp3) is 0.643. The zero-order valence-electron chi connectivity index (χ0n) is 11.8. The van der Waals surface area contributed by atoms with Gasteiger partial charge in [-0.15, -0.1) is 0 Å². The minimum Gasteiger partial charge on any atom is -0.469 e. The molecular weight excluding hydrogens is 280 g/mol. The molecule has 3 heteroatoms. The molecule has 0 aliphatic heterocycles. The van der Waals surface area contributed by atoms with Gasteiger partial charge in [0, 0.05) is 4.83 Å². The van der Waals surface area contributed by atoms with Crippen LogP contribution in [0.25, 0.3) is 0 Å². The molecule has 2 unspecified atom stereocenters. The Kier molecular flexibility index (Phi) is 13.2. The van der Waals surface area contributed by atoms with Gasteiger partial charge in [-0.3, -0.25) is 4.79 Å². The number of carbonyl (C=O) groups is 1. The number of halogens is 1. The Morgan fingerprint density at radius 2 is 1.94 bits per heavy atom. The van der Waals surface area contributed by atoms with Crippen LogP contribution in [0.4, 0.5) is 0 Å². The summed E-state index contributed by atoms with van der Waals surface area (Å²) in [5.74, 6) is -0.397. The molecule has 0 amide bonds. The van der Waals surface area contributed by atoms with Crippen molar-refractivity contribution in [3.05, 3.63) is 23.8 Å². The van der Waals surface area contributed by atoms with Crippen molar-refractivity contribution in [1.82, 2.24) is 0 Å². The van der Waals surface area contributed by atoms with Crippen LogP contribution in [0.1, 0.15) is 41.0 Å². The predicted molar refractivity (Wildman–Crippen MR) is 78.4 cm³/mol. The average molecular weight is 305 g/mol. The van der Waals surface area contributed by atoms with Crippen molar-refractivity contribution in [3.63, 3.8) is 0 Å². The molecule has 0 spiro atoms. The second-order valence-corrected chi connectivity index (χ2v) is 4.44. The van der Waals surface area contributed by atoms with Crippen LogP contribution in [0.2, 0.25) is 0 Å². The van der Waals surface area contributed by atoms with E-state index in [1.54, 1.807) is 0 Å². The van der Waals surface area contributed by atoms with Crippen LogP contribution in [0, 0.1) is 5.92 Å². The van der Waals surface area contributed by atoms with Gasteiger partial charge in [-0.1, -0.05) is 54.9 Å². The first kappa shape index (κ1) is 18.8. The quantitative estimate of drug-likeness (QED) is 0.425. The molecule has 0 radical (unpaired) electrons. The van der Waals surface area contributed by atoms with E-state index >= 15 is 0 Å². The largest absolute Gasteiger partial charge is 0.469 e. The van der Waals surface area contributed by atoms with Gasteiger partial charge >= 0.3 is 5.97 Å². The fourth-order valence-electron chi connectivity index (χ4n) is 1.14. The van der Waals surface area contributed by atoms with E-state index in [9.17, 15) is 4.79 Å². The molecule has 0 fully saturated rings. The van der Waals surface area contributed by atoms with Crippen molar-refractivity contribution in [2.45, 2.75) is 45.9 Å². The Labute approximate surface area is 114 Å². The summed E-state index contributed by atoms with van der Waals surface area (Å²) < 4.78 is 4.64. The van der Waals surface area contributed by atoms with Crippen molar-refractivity contribution in [2.75, 3.05) is 7.11 Å². The van der Waals surface area contributed by atoms with Crippen LogP contribution in [-0.4, -0.2) is 17.9 Å². The van der Waals surface area contributed by atoms with E-state index in [0.717, 1.165) is 6.42 Å². The number of carbonyl (C=O) groups excluding carboxylic acids is 1. The first-order valence-corrected chi connectivity index (χ1v) is 7.04. The summed E-state index contributed by atoms with van der Waals surface area (Å²) in [6, 6.07) is 0. The molecule has 0 heterocycles. The number of hydrogen-bond donors (Lipinski definition) is 0. The van der Waals surface area contributed by atoms with Crippen molar-refractivity contribution in [3.8, 4) is 0 Å². The van der Waals surface area contributed by atoms with Crippen LogP contribution in [0.5, 0.6) is 0 Å².